The van der Waals surface area contributed by atoms with Crippen LogP contribution in [0.15, 0.2) is 15.9 Å². The Morgan fingerprint density at radius 2 is 2.33 bits per heavy atom. The van der Waals surface area contributed by atoms with E-state index in [4.69, 9.17) is 0 Å². The minimum atomic E-state index is 0.616. The number of thiophene rings is 1. The molecule has 1 atom stereocenters. The molecule has 0 spiro atoms. The second-order valence-electron chi connectivity index (χ2n) is 3.52. The van der Waals surface area contributed by atoms with Crippen LogP contribution in [0.5, 0.6) is 0 Å². The number of halogens is 1. The number of hydrogen-bond donors (Lipinski definition) is 1. The molecule has 1 unspecified atom stereocenters. The highest BCUT2D eigenvalue weighted by atomic mass is 79.9. The van der Waals surface area contributed by atoms with Crippen LogP contribution < -0.4 is 5.32 Å². The monoisotopic (exact) mass is 307 g/mol. The van der Waals surface area contributed by atoms with Gasteiger partial charge in [0.25, 0.3) is 0 Å². The molecule has 1 nitrogen and oxygen atoms in total. The molecule has 1 aromatic heterocycles. The lowest BCUT2D eigenvalue weighted by molar-refractivity contribution is 0.553. The summed E-state index contributed by atoms with van der Waals surface area (Å²) in [6, 6.07) is 4.97. The van der Waals surface area contributed by atoms with Crippen LogP contribution >= 0.6 is 39.0 Å². The second kappa shape index (κ2) is 7.71. The summed E-state index contributed by atoms with van der Waals surface area (Å²) in [7, 11) is 0. The second-order valence-corrected chi connectivity index (χ2v) is 6.97. The molecule has 86 valence electrons. The van der Waals surface area contributed by atoms with Crippen molar-refractivity contribution in [1.29, 1.82) is 0 Å². The molecule has 1 heterocycles. The topological polar surface area (TPSA) is 12.0 Å². The minimum Gasteiger partial charge on any atom is -0.313 e. The maximum Gasteiger partial charge on any atom is 0.0701 e. The van der Waals surface area contributed by atoms with E-state index in [0.29, 0.717) is 6.04 Å². The van der Waals surface area contributed by atoms with Gasteiger partial charge < -0.3 is 5.32 Å². The van der Waals surface area contributed by atoms with Crippen LogP contribution in [-0.4, -0.2) is 24.6 Å². The largest absolute Gasteiger partial charge is 0.313 e. The number of rotatable bonds is 7. The molecule has 0 bridgehead atoms. The number of hydrogen-bond acceptors (Lipinski definition) is 3. The van der Waals surface area contributed by atoms with E-state index < -0.39 is 0 Å². The van der Waals surface area contributed by atoms with Gasteiger partial charge in [0.15, 0.2) is 0 Å². The van der Waals surface area contributed by atoms with E-state index in [0.717, 1.165) is 13.0 Å². The molecule has 0 aliphatic carbocycles. The van der Waals surface area contributed by atoms with E-state index in [1.54, 1.807) is 0 Å². The summed E-state index contributed by atoms with van der Waals surface area (Å²) in [4.78, 5) is 1.46. The van der Waals surface area contributed by atoms with Crippen LogP contribution in [0.3, 0.4) is 0 Å². The third kappa shape index (κ3) is 5.38. The standard InChI is InChI=1S/C11H18BrNS2/c1-3-6-13-9(8-14-2)7-10-4-5-11(12)15-10/h4-5,9,13H,3,6-8H2,1-2H3. The van der Waals surface area contributed by atoms with Gasteiger partial charge in [0.1, 0.15) is 0 Å². The van der Waals surface area contributed by atoms with Gasteiger partial charge in [-0.1, -0.05) is 6.92 Å². The van der Waals surface area contributed by atoms with Crippen molar-refractivity contribution in [1.82, 2.24) is 5.32 Å². The molecule has 0 amide bonds. The normalized spacial score (nSPS) is 13.0. The van der Waals surface area contributed by atoms with Crippen molar-refractivity contribution in [3.05, 3.63) is 20.8 Å². The molecule has 1 rings (SSSR count). The highest BCUT2D eigenvalue weighted by molar-refractivity contribution is 9.11. The fourth-order valence-electron chi connectivity index (χ4n) is 1.44. The Morgan fingerprint density at radius 1 is 1.53 bits per heavy atom. The molecule has 0 saturated carbocycles. The first-order valence-corrected chi connectivity index (χ1v) is 8.23. The van der Waals surface area contributed by atoms with Gasteiger partial charge in [-0.2, -0.15) is 11.8 Å². The molecule has 0 saturated heterocycles. The summed E-state index contributed by atoms with van der Waals surface area (Å²) in [5.41, 5.74) is 0. The van der Waals surface area contributed by atoms with Gasteiger partial charge in [-0.3, -0.25) is 0 Å². The lowest BCUT2D eigenvalue weighted by atomic mass is 10.2. The van der Waals surface area contributed by atoms with Crippen molar-refractivity contribution >= 4 is 39.0 Å². The average molecular weight is 308 g/mol. The minimum absolute atomic E-state index is 0.616. The van der Waals surface area contributed by atoms with E-state index in [-0.39, 0.29) is 0 Å². The van der Waals surface area contributed by atoms with E-state index in [1.807, 2.05) is 23.1 Å². The summed E-state index contributed by atoms with van der Waals surface area (Å²) < 4.78 is 1.23. The highest BCUT2D eigenvalue weighted by Crippen LogP contribution is 2.23. The van der Waals surface area contributed by atoms with Crippen LogP contribution in [0.1, 0.15) is 18.2 Å². The van der Waals surface area contributed by atoms with Crippen LogP contribution in [0, 0.1) is 0 Å². The molecule has 1 N–H and O–H groups in total. The summed E-state index contributed by atoms with van der Waals surface area (Å²) in [6.45, 7) is 3.34. The molecular formula is C11H18BrNS2. The third-order valence-electron chi connectivity index (χ3n) is 2.13. The Hall–Kier alpha value is 0.490. The first kappa shape index (κ1) is 13.6. The van der Waals surface area contributed by atoms with Crippen molar-refractivity contribution in [2.24, 2.45) is 0 Å². The van der Waals surface area contributed by atoms with E-state index in [1.165, 1.54) is 20.8 Å². The predicted molar refractivity (Wildman–Crippen MR) is 76.2 cm³/mol. The third-order valence-corrected chi connectivity index (χ3v) is 4.51. The quantitative estimate of drug-likeness (QED) is 0.822. The highest BCUT2D eigenvalue weighted by Gasteiger charge is 2.09. The number of thioether (sulfide) groups is 1. The Labute approximate surface area is 109 Å². The molecule has 4 heteroatoms. The zero-order valence-electron chi connectivity index (χ0n) is 9.25. The van der Waals surface area contributed by atoms with Crippen molar-refractivity contribution in [3.8, 4) is 0 Å². The lowest BCUT2D eigenvalue weighted by Crippen LogP contribution is -2.33. The first-order chi connectivity index (χ1) is 7.26. The van der Waals surface area contributed by atoms with E-state index in [9.17, 15) is 0 Å². The van der Waals surface area contributed by atoms with Gasteiger partial charge in [-0.25, -0.2) is 0 Å². The average Bonchev–Trinajstić information content (AvgIpc) is 2.61. The summed E-state index contributed by atoms with van der Waals surface area (Å²) in [6.07, 6.45) is 4.53. The van der Waals surface area contributed by atoms with Gasteiger partial charge in [0.2, 0.25) is 0 Å². The van der Waals surface area contributed by atoms with E-state index >= 15 is 0 Å². The molecule has 0 radical (unpaired) electrons. The van der Waals surface area contributed by atoms with Gasteiger partial charge in [0, 0.05) is 16.7 Å². The fraction of sp³-hybridized carbons (Fsp3) is 0.636. The Balaban J connectivity index is 2.42. The summed E-state index contributed by atoms with van der Waals surface area (Å²) >= 11 is 7.27. The SMILES string of the molecule is CCCNC(CSC)Cc1ccc(Br)s1. The molecule has 15 heavy (non-hydrogen) atoms. The fourth-order valence-corrected chi connectivity index (χ4v) is 3.65. The van der Waals surface area contributed by atoms with Crippen LogP contribution in [0.4, 0.5) is 0 Å². The Bertz CT molecular complexity index is 275. The van der Waals surface area contributed by atoms with Crippen molar-refractivity contribution in [2.75, 3.05) is 18.6 Å². The zero-order chi connectivity index (χ0) is 11.1. The van der Waals surface area contributed by atoms with Gasteiger partial charge in [-0.15, -0.1) is 11.3 Å². The molecule has 0 aliphatic rings. The molecular weight excluding hydrogens is 290 g/mol. The van der Waals surface area contributed by atoms with Gasteiger partial charge in [0.05, 0.1) is 3.79 Å². The Kier molecular flexibility index (Phi) is 6.97. The lowest BCUT2D eigenvalue weighted by Gasteiger charge is -2.16. The smallest absolute Gasteiger partial charge is 0.0701 e. The zero-order valence-corrected chi connectivity index (χ0v) is 12.5. The van der Waals surface area contributed by atoms with Crippen molar-refractivity contribution < 1.29 is 0 Å². The molecule has 0 aliphatic heterocycles. The predicted octanol–water partition coefficient (Wildman–Crippen LogP) is 3.78. The van der Waals surface area contributed by atoms with Crippen LogP contribution in [0.25, 0.3) is 0 Å². The molecule has 0 aromatic carbocycles. The number of nitrogens with one attached hydrogen (secondary N) is 1. The van der Waals surface area contributed by atoms with Gasteiger partial charge >= 0.3 is 0 Å². The molecule has 1 aromatic rings. The molecule has 0 fully saturated rings. The van der Waals surface area contributed by atoms with Gasteiger partial charge in [-0.05, 0) is 53.7 Å². The van der Waals surface area contributed by atoms with Crippen LogP contribution in [0.2, 0.25) is 0 Å². The van der Waals surface area contributed by atoms with E-state index in [2.05, 4.69) is 46.6 Å². The van der Waals surface area contributed by atoms with Crippen LogP contribution in [-0.2, 0) is 6.42 Å². The first-order valence-electron chi connectivity index (χ1n) is 5.22. The van der Waals surface area contributed by atoms with Crippen molar-refractivity contribution in [2.45, 2.75) is 25.8 Å². The van der Waals surface area contributed by atoms with Crippen molar-refractivity contribution in [3.63, 3.8) is 0 Å². The maximum atomic E-state index is 3.60. The maximum absolute atomic E-state index is 3.60. The Morgan fingerprint density at radius 3 is 2.87 bits per heavy atom. The summed E-state index contributed by atoms with van der Waals surface area (Å²) in [5, 5.41) is 3.60. The summed E-state index contributed by atoms with van der Waals surface area (Å²) in [5.74, 6) is 1.19.